The van der Waals surface area contributed by atoms with E-state index in [4.69, 9.17) is 21.1 Å². The molecule has 8 heteroatoms. The summed E-state index contributed by atoms with van der Waals surface area (Å²) in [5.74, 6) is 0.306. The fraction of sp³-hybridized carbons (Fsp3) is 0.105. The number of hydrogen-bond acceptors (Lipinski definition) is 5. The molecule has 27 heavy (non-hydrogen) atoms. The Balaban J connectivity index is 1.68. The van der Waals surface area contributed by atoms with E-state index in [1.54, 1.807) is 18.2 Å². The first-order chi connectivity index (χ1) is 13.0. The summed E-state index contributed by atoms with van der Waals surface area (Å²) in [6.07, 6.45) is 0. The molecule has 0 radical (unpaired) electrons. The van der Waals surface area contributed by atoms with Crippen molar-refractivity contribution in [3.05, 3.63) is 86.2 Å². The van der Waals surface area contributed by atoms with Crippen molar-refractivity contribution in [2.45, 2.75) is 6.54 Å². The molecule has 0 saturated heterocycles. The highest BCUT2D eigenvalue weighted by atomic mass is 79.9. The second-order valence-electron chi connectivity index (χ2n) is 5.41. The van der Waals surface area contributed by atoms with Crippen LogP contribution in [0.25, 0.3) is 0 Å². The number of rotatable bonds is 6. The first kappa shape index (κ1) is 19.1. The highest BCUT2D eigenvalue weighted by Gasteiger charge is 2.14. The van der Waals surface area contributed by atoms with Crippen molar-refractivity contribution in [3.63, 3.8) is 0 Å². The maximum Gasteiger partial charge on any atom is 0.364 e. The maximum absolute atomic E-state index is 12.3. The van der Waals surface area contributed by atoms with E-state index in [1.807, 2.05) is 30.3 Å². The van der Waals surface area contributed by atoms with Crippen LogP contribution in [0.1, 0.15) is 10.5 Å². The summed E-state index contributed by atoms with van der Waals surface area (Å²) in [6.45, 7) is 0.428. The van der Waals surface area contributed by atoms with Crippen LogP contribution in [0.2, 0.25) is 5.02 Å². The normalized spacial score (nSPS) is 10.4. The van der Waals surface area contributed by atoms with Crippen molar-refractivity contribution < 1.29 is 14.3 Å². The predicted molar refractivity (Wildman–Crippen MR) is 105 cm³/mol. The Bertz CT molecular complexity index is 1010. The molecule has 0 aliphatic carbocycles. The van der Waals surface area contributed by atoms with Gasteiger partial charge in [-0.15, -0.1) is 0 Å². The summed E-state index contributed by atoms with van der Waals surface area (Å²) < 4.78 is 12.6. The topological polar surface area (TPSA) is 70.4 Å². The molecule has 2 aromatic carbocycles. The lowest BCUT2D eigenvalue weighted by atomic mass is 10.3. The van der Waals surface area contributed by atoms with Gasteiger partial charge in [-0.2, -0.15) is 5.10 Å². The van der Waals surface area contributed by atoms with Gasteiger partial charge in [0.15, 0.2) is 5.69 Å². The molecule has 138 valence electrons. The number of nitrogens with zero attached hydrogens (tertiary/aromatic N) is 2. The van der Waals surface area contributed by atoms with Crippen LogP contribution in [-0.2, 0) is 6.54 Å². The Morgan fingerprint density at radius 1 is 1.11 bits per heavy atom. The Hall–Kier alpha value is -2.64. The number of aromatic nitrogens is 2. The number of halogens is 2. The van der Waals surface area contributed by atoms with Crippen molar-refractivity contribution in [2.75, 3.05) is 6.61 Å². The zero-order valence-electron chi connectivity index (χ0n) is 14.0. The first-order valence-corrected chi connectivity index (χ1v) is 9.13. The van der Waals surface area contributed by atoms with E-state index < -0.39 is 5.97 Å². The monoisotopic (exact) mass is 448 g/mol. The van der Waals surface area contributed by atoms with Crippen LogP contribution in [0.3, 0.4) is 0 Å². The SMILES string of the molecule is O=C(Oc1ccc(Cl)cc1Br)c1ccc(=O)n(CCOc2ccccc2)n1. The third-order valence-electron chi connectivity index (χ3n) is 3.49. The van der Waals surface area contributed by atoms with Crippen molar-refractivity contribution in [1.29, 1.82) is 0 Å². The molecule has 0 spiro atoms. The number of carbonyl (C=O) groups excluding carboxylic acids is 1. The van der Waals surface area contributed by atoms with Gasteiger partial charge in [0.25, 0.3) is 5.56 Å². The quantitative estimate of drug-likeness (QED) is 0.421. The smallest absolute Gasteiger partial charge is 0.364 e. The molecule has 0 atom stereocenters. The summed E-state index contributed by atoms with van der Waals surface area (Å²) in [4.78, 5) is 24.3. The molecular formula is C19H14BrClN2O4. The Labute approximate surface area is 168 Å². The van der Waals surface area contributed by atoms with Gasteiger partial charge in [-0.3, -0.25) is 4.79 Å². The van der Waals surface area contributed by atoms with Gasteiger partial charge in [-0.05, 0) is 52.3 Å². The highest BCUT2D eigenvalue weighted by molar-refractivity contribution is 9.10. The lowest BCUT2D eigenvalue weighted by molar-refractivity contribution is 0.0724. The summed E-state index contributed by atoms with van der Waals surface area (Å²) in [5.41, 5.74) is -0.327. The van der Waals surface area contributed by atoms with Crippen LogP contribution in [-0.4, -0.2) is 22.4 Å². The Morgan fingerprint density at radius 2 is 1.89 bits per heavy atom. The third-order valence-corrected chi connectivity index (χ3v) is 4.34. The standard InChI is InChI=1S/C19H14BrClN2O4/c20-15-12-13(21)6-8-17(15)27-19(25)16-7-9-18(24)23(22-16)10-11-26-14-4-2-1-3-5-14/h1-9,12H,10-11H2. The fourth-order valence-electron chi connectivity index (χ4n) is 2.19. The molecule has 1 aromatic heterocycles. The number of carbonyl (C=O) groups is 1. The minimum Gasteiger partial charge on any atom is -0.492 e. The zero-order chi connectivity index (χ0) is 19.2. The molecule has 0 fully saturated rings. The molecule has 0 bridgehead atoms. The molecular weight excluding hydrogens is 436 g/mol. The van der Waals surface area contributed by atoms with Gasteiger partial charge in [-0.1, -0.05) is 29.8 Å². The highest BCUT2D eigenvalue weighted by Crippen LogP contribution is 2.28. The van der Waals surface area contributed by atoms with E-state index in [1.165, 1.54) is 12.1 Å². The second-order valence-corrected chi connectivity index (χ2v) is 6.70. The molecule has 0 saturated carbocycles. The lowest BCUT2D eigenvalue weighted by Gasteiger charge is -2.09. The fourth-order valence-corrected chi connectivity index (χ4v) is 2.96. The largest absolute Gasteiger partial charge is 0.492 e. The second kappa shape index (κ2) is 8.83. The maximum atomic E-state index is 12.3. The summed E-state index contributed by atoms with van der Waals surface area (Å²) in [5, 5.41) is 4.56. The van der Waals surface area contributed by atoms with E-state index >= 15 is 0 Å². The molecule has 0 N–H and O–H groups in total. The van der Waals surface area contributed by atoms with Gasteiger partial charge >= 0.3 is 5.97 Å². The Kier molecular flexibility index (Phi) is 6.26. The van der Waals surface area contributed by atoms with Crippen LogP contribution >= 0.6 is 27.5 Å². The molecule has 3 aromatic rings. The summed E-state index contributed by atoms with van der Waals surface area (Å²) in [6, 6.07) is 16.6. The van der Waals surface area contributed by atoms with Crippen LogP contribution in [0.5, 0.6) is 11.5 Å². The van der Waals surface area contributed by atoms with E-state index in [0.717, 1.165) is 4.68 Å². The van der Waals surface area contributed by atoms with Crippen molar-refractivity contribution in [2.24, 2.45) is 0 Å². The number of benzene rings is 2. The lowest BCUT2D eigenvalue weighted by Crippen LogP contribution is -2.27. The van der Waals surface area contributed by atoms with E-state index in [0.29, 0.717) is 21.0 Å². The molecule has 6 nitrogen and oxygen atoms in total. The van der Waals surface area contributed by atoms with Crippen molar-refractivity contribution in [1.82, 2.24) is 9.78 Å². The van der Waals surface area contributed by atoms with E-state index in [9.17, 15) is 9.59 Å². The number of ether oxygens (including phenoxy) is 2. The summed E-state index contributed by atoms with van der Waals surface area (Å²) in [7, 11) is 0. The third kappa shape index (κ3) is 5.18. The van der Waals surface area contributed by atoms with Crippen LogP contribution < -0.4 is 15.0 Å². The van der Waals surface area contributed by atoms with Gasteiger partial charge < -0.3 is 9.47 Å². The molecule has 0 aliphatic rings. The zero-order valence-corrected chi connectivity index (χ0v) is 16.3. The van der Waals surface area contributed by atoms with Gasteiger partial charge in [0.1, 0.15) is 18.1 Å². The van der Waals surface area contributed by atoms with Crippen LogP contribution in [0, 0.1) is 0 Å². The predicted octanol–water partition coefficient (Wildman–Crippen LogP) is 3.96. The number of para-hydroxylation sites is 1. The minimum absolute atomic E-state index is 0.0103. The minimum atomic E-state index is -0.684. The van der Waals surface area contributed by atoms with Gasteiger partial charge in [0.05, 0.1) is 11.0 Å². The number of hydrogen-bond donors (Lipinski definition) is 0. The average molecular weight is 450 g/mol. The molecule has 0 amide bonds. The van der Waals surface area contributed by atoms with E-state index in [2.05, 4.69) is 21.0 Å². The summed E-state index contributed by atoms with van der Waals surface area (Å²) >= 11 is 9.15. The first-order valence-electron chi connectivity index (χ1n) is 7.96. The molecule has 0 unspecified atom stereocenters. The molecule has 1 heterocycles. The average Bonchev–Trinajstić information content (AvgIpc) is 2.66. The molecule has 0 aliphatic heterocycles. The number of esters is 1. The van der Waals surface area contributed by atoms with E-state index in [-0.39, 0.29) is 24.4 Å². The van der Waals surface area contributed by atoms with Gasteiger partial charge in [0.2, 0.25) is 0 Å². The van der Waals surface area contributed by atoms with Crippen molar-refractivity contribution in [3.8, 4) is 11.5 Å². The van der Waals surface area contributed by atoms with Gasteiger partial charge in [0, 0.05) is 11.1 Å². The van der Waals surface area contributed by atoms with Crippen LogP contribution in [0.4, 0.5) is 0 Å². The van der Waals surface area contributed by atoms with Crippen molar-refractivity contribution >= 4 is 33.5 Å². The van der Waals surface area contributed by atoms with Gasteiger partial charge in [-0.25, -0.2) is 9.48 Å². The van der Waals surface area contributed by atoms with Crippen LogP contribution in [0.15, 0.2) is 69.9 Å². The Morgan fingerprint density at radius 3 is 2.63 bits per heavy atom. The molecule has 3 rings (SSSR count).